The first kappa shape index (κ1) is 13.6. The van der Waals surface area contributed by atoms with E-state index in [1.807, 2.05) is 6.92 Å². The fourth-order valence-electron chi connectivity index (χ4n) is 1.07. The largest absolute Gasteiger partial charge is 0.380 e. The summed E-state index contributed by atoms with van der Waals surface area (Å²) in [5.41, 5.74) is 0. The second-order valence-electron chi connectivity index (χ2n) is 2.90. The summed E-state index contributed by atoms with van der Waals surface area (Å²) in [6.45, 7) is 2.95. The molecule has 0 atom stereocenters. The summed E-state index contributed by atoms with van der Waals surface area (Å²) in [4.78, 5) is 0. The van der Waals surface area contributed by atoms with Crippen molar-refractivity contribution in [3.8, 4) is 0 Å². The predicted molar refractivity (Wildman–Crippen MR) is 60.4 cm³/mol. The maximum atomic E-state index is 11.8. The van der Waals surface area contributed by atoms with E-state index in [9.17, 15) is 8.42 Å². The lowest BCUT2D eigenvalue weighted by molar-refractivity contribution is 0.153. The lowest BCUT2D eigenvalue weighted by atomic mass is 10.7. The summed E-state index contributed by atoms with van der Waals surface area (Å²) < 4.78 is 32.4. The molecule has 0 aliphatic rings. The van der Waals surface area contributed by atoms with Gasteiger partial charge in [-0.3, -0.25) is 0 Å². The van der Waals surface area contributed by atoms with E-state index in [2.05, 4.69) is 31.0 Å². The van der Waals surface area contributed by atoms with Gasteiger partial charge in [-0.2, -0.15) is 0 Å². The SMILES string of the molecule is CCOCCNS(=O)(=O)c1c(Br)nnn1C. The summed E-state index contributed by atoms with van der Waals surface area (Å²) in [5, 5.41) is 7.21. The van der Waals surface area contributed by atoms with E-state index < -0.39 is 10.0 Å². The molecule has 0 fully saturated rings. The Morgan fingerprint density at radius 1 is 1.56 bits per heavy atom. The number of hydrogen-bond donors (Lipinski definition) is 1. The number of ether oxygens (including phenoxy) is 1. The molecule has 92 valence electrons. The minimum atomic E-state index is -3.60. The predicted octanol–water partition coefficient (Wildman–Crippen LogP) is -0.108. The Morgan fingerprint density at radius 3 is 2.75 bits per heavy atom. The lowest BCUT2D eigenvalue weighted by Gasteiger charge is -2.06. The molecule has 1 rings (SSSR count). The third kappa shape index (κ3) is 3.24. The Kier molecular flexibility index (Phi) is 4.84. The Hall–Kier alpha value is -0.510. The fraction of sp³-hybridized carbons (Fsp3) is 0.714. The van der Waals surface area contributed by atoms with E-state index >= 15 is 0 Å². The van der Waals surface area contributed by atoms with Gasteiger partial charge >= 0.3 is 0 Å². The number of aromatic nitrogens is 3. The Morgan fingerprint density at radius 2 is 2.25 bits per heavy atom. The normalized spacial score (nSPS) is 11.9. The number of nitrogens with zero attached hydrogens (tertiary/aromatic N) is 3. The zero-order valence-corrected chi connectivity index (χ0v) is 11.4. The number of sulfonamides is 1. The van der Waals surface area contributed by atoms with Crippen LogP contribution in [0.5, 0.6) is 0 Å². The summed E-state index contributed by atoms with van der Waals surface area (Å²) in [6.07, 6.45) is 0. The number of halogens is 1. The molecule has 0 bridgehead atoms. The molecule has 0 unspecified atom stereocenters. The fourth-order valence-corrected chi connectivity index (χ4v) is 3.17. The highest BCUT2D eigenvalue weighted by molar-refractivity contribution is 9.10. The lowest BCUT2D eigenvalue weighted by Crippen LogP contribution is -2.29. The standard InChI is InChI=1S/C7H13BrN4O3S/c1-3-15-5-4-9-16(13,14)7-6(8)10-11-12(7)2/h9H,3-5H2,1-2H3. The minimum Gasteiger partial charge on any atom is -0.380 e. The summed E-state index contributed by atoms with van der Waals surface area (Å²) in [7, 11) is -2.09. The summed E-state index contributed by atoms with van der Waals surface area (Å²) >= 11 is 3.03. The van der Waals surface area contributed by atoms with Crippen LogP contribution in [-0.4, -0.2) is 43.2 Å². The first-order chi connectivity index (χ1) is 7.49. The van der Waals surface area contributed by atoms with Crippen LogP contribution in [0, 0.1) is 0 Å². The highest BCUT2D eigenvalue weighted by Crippen LogP contribution is 2.16. The molecule has 1 aromatic rings. The molecule has 1 N–H and O–H groups in total. The maximum Gasteiger partial charge on any atom is 0.260 e. The van der Waals surface area contributed by atoms with Gasteiger partial charge in [-0.05, 0) is 22.9 Å². The van der Waals surface area contributed by atoms with Gasteiger partial charge in [-0.25, -0.2) is 17.8 Å². The van der Waals surface area contributed by atoms with Gasteiger partial charge in [0.05, 0.1) is 6.61 Å². The van der Waals surface area contributed by atoms with Crippen molar-refractivity contribution in [3.63, 3.8) is 0 Å². The van der Waals surface area contributed by atoms with Crippen molar-refractivity contribution in [1.29, 1.82) is 0 Å². The van der Waals surface area contributed by atoms with E-state index in [1.165, 1.54) is 11.7 Å². The van der Waals surface area contributed by atoms with Crippen LogP contribution in [0.3, 0.4) is 0 Å². The third-order valence-electron chi connectivity index (χ3n) is 1.73. The molecule has 0 amide bonds. The van der Waals surface area contributed by atoms with Gasteiger partial charge in [0.2, 0.25) is 5.03 Å². The Labute approximate surface area is 102 Å². The molecule has 1 heterocycles. The number of rotatable bonds is 6. The maximum absolute atomic E-state index is 11.8. The van der Waals surface area contributed by atoms with Crippen molar-refractivity contribution in [2.75, 3.05) is 19.8 Å². The third-order valence-corrected chi connectivity index (χ3v) is 4.08. The summed E-state index contributed by atoms with van der Waals surface area (Å²) in [6, 6.07) is 0. The second kappa shape index (κ2) is 5.71. The number of hydrogen-bond acceptors (Lipinski definition) is 5. The van der Waals surface area contributed by atoms with Gasteiger partial charge in [-0.15, -0.1) is 5.10 Å². The van der Waals surface area contributed by atoms with Crippen molar-refractivity contribution >= 4 is 26.0 Å². The molecule has 16 heavy (non-hydrogen) atoms. The molecular formula is C7H13BrN4O3S. The number of nitrogens with one attached hydrogen (secondary N) is 1. The molecule has 0 saturated carbocycles. The number of aryl methyl sites for hydroxylation is 1. The topological polar surface area (TPSA) is 86.1 Å². The molecule has 0 aliphatic carbocycles. The van der Waals surface area contributed by atoms with Crippen LogP contribution < -0.4 is 4.72 Å². The summed E-state index contributed by atoms with van der Waals surface area (Å²) in [5.74, 6) is 0. The van der Waals surface area contributed by atoms with Crippen LogP contribution in [0.1, 0.15) is 6.92 Å². The van der Waals surface area contributed by atoms with Crippen LogP contribution in [0.2, 0.25) is 0 Å². The average molecular weight is 313 g/mol. The smallest absolute Gasteiger partial charge is 0.260 e. The van der Waals surface area contributed by atoms with Crippen LogP contribution in [0.4, 0.5) is 0 Å². The monoisotopic (exact) mass is 312 g/mol. The Bertz CT molecular complexity index is 425. The van der Waals surface area contributed by atoms with Crippen LogP contribution in [0.25, 0.3) is 0 Å². The molecule has 0 spiro atoms. The molecule has 0 saturated heterocycles. The Balaban J connectivity index is 2.71. The van der Waals surface area contributed by atoms with Gasteiger partial charge in [0.15, 0.2) is 4.60 Å². The molecule has 9 heteroatoms. The first-order valence-corrected chi connectivity index (χ1v) is 6.89. The first-order valence-electron chi connectivity index (χ1n) is 4.61. The molecule has 0 radical (unpaired) electrons. The molecular weight excluding hydrogens is 300 g/mol. The minimum absolute atomic E-state index is 0.00370. The highest BCUT2D eigenvalue weighted by atomic mass is 79.9. The van der Waals surface area contributed by atoms with Crippen LogP contribution in [0.15, 0.2) is 9.63 Å². The van der Waals surface area contributed by atoms with E-state index in [0.717, 1.165) is 0 Å². The zero-order chi connectivity index (χ0) is 12.2. The molecule has 7 nitrogen and oxygen atoms in total. The van der Waals surface area contributed by atoms with E-state index in [-0.39, 0.29) is 16.2 Å². The van der Waals surface area contributed by atoms with Crippen molar-refractivity contribution < 1.29 is 13.2 Å². The molecule has 0 aromatic carbocycles. The molecule has 1 aromatic heterocycles. The zero-order valence-electron chi connectivity index (χ0n) is 8.97. The quantitative estimate of drug-likeness (QED) is 0.741. The van der Waals surface area contributed by atoms with Gasteiger partial charge in [-0.1, -0.05) is 5.21 Å². The van der Waals surface area contributed by atoms with Crippen LogP contribution >= 0.6 is 15.9 Å². The van der Waals surface area contributed by atoms with E-state index in [4.69, 9.17) is 4.74 Å². The van der Waals surface area contributed by atoms with Crippen LogP contribution in [-0.2, 0) is 21.8 Å². The molecule has 0 aliphatic heterocycles. The van der Waals surface area contributed by atoms with Gasteiger partial charge < -0.3 is 4.74 Å². The second-order valence-corrected chi connectivity index (χ2v) is 5.34. The van der Waals surface area contributed by atoms with E-state index in [0.29, 0.717) is 13.2 Å². The van der Waals surface area contributed by atoms with E-state index in [1.54, 1.807) is 0 Å². The average Bonchev–Trinajstić information content (AvgIpc) is 2.54. The van der Waals surface area contributed by atoms with Crippen molar-refractivity contribution in [3.05, 3.63) is 4.60 Å². The van der Waals surface area contributed by atoms with Gasteiger partial charge in [0, 0.05) is 20.2 Å². The van der Waals surface area contributed by atoms with Crippen molar-refractivity contribution in [2.24, 2.45) is 7.05 Å². The van der Waals surface area contributed by atoms with Gasteiger partial charge in [0.25, 0.3) is 10.0 Å². The van der Waals surface area contributed by atoms with Crippen molar-refractivity contribution in [1.82, 2.24) is 19.7 Å². The van der Waals surface area contributed by atoms with Crippen molar-refractivity contribution in [2.45, 2.75) is 11.9 Å². The highest BCUT2D eigenvalue weighted by Gasteiger charge is 2.23. The van der Waals surface area contributed by atoms with Gasteiger partial charge in [0.1, 0.15) is 0 Å².